The summed E-state index contributed by atoms with van der Waals surface area (Å²) in [5.74, 6) is 4.98. The first kappa shape index (κ1) is 21.4. The molecule has 4 aromatic rings. The fourth-order valence-electron chi connectivity index (χ4n) is 7.38. The van der Waals surface area contributed by atoms with Crippen LogP contribution in [0.1, 0.15) is 44.1 Å². The molecule has 35 heavy (non-hydrogen) atoms. The molecule has 3 aromatic carbocycles. The van der Waals surface area contributed by atoms with Gasteiger partial charge in [0.25, 0.3) is 0 Å². The van der Waals surface area contributed by atoms with E-state index in [0.717, 1.165) is 45.0 Å². The fourth-order valence-corrected chi connectivity index (χ4v) is 7.84. The molecule has 3 fully saturated rings. The molecule has 3 bridgehead atoms. The Hall–Kier alpha value is -2.85. The lowest BCUT2D eigenvalue weighted by Crippen LogP contribution is -2.38. The SMILES string of the molecule is Brc1ccccc1-c1nc(-c2ccccc2)nc(-c2ccccc2C23CCC4C[C@H](C[C@@H]4C2)C3)n1. The van der Waals surface area contributed by atoms with Crippen LogP contribution in [0.4, 0.5) is 0 Å². The summed E-state index contributed by atoms with van der Waals surface area (Å²) in [7, 11) is 0. The normalized spacial score (nSPS) is 26.7. The van der Waals surface area contributed by atoms with Crippen LogP contribution in [0.5, 0.6) is 0 Å². The van der Waals surface area contributed by atoms with Gasteiger partial charge in [-0.05, 0) is 73.3 Å². The van der Waals surface area contributed by atoms with Crippen LogP contribution < -0.4 is 0 Å². The second-order valence-electron chi connectivity index (χ2n) is 10.8. The van der Waals surface area contributed by atoms with Crippen LogP contribution in [0, 0.1) is 17.8 Å². The topological polar surface area (TPSA) is 38.7 Å². The summed E-state index contributed by atoms with van der Waals surface area (Å²) < 4.78 is 0.991. The van der Waals surface area contributed by atoms with Crippen LogP contribution in [0.25, 0.3) is 34.2 Å². The van der Waals surface area contributed by atoms with E-state index in [1.807, 2.05) is 36.4 Å². The molecule has 1 aromatic heterocycles. The maximum absolute atomic E-state index is 5.10. The smallest absolute Gasteiger partial charge is 0.165 e. The highest BCUT2D eigenvalue weighted by atomic mass is 79.9. The average Bonchev–Trinajstić information content (AvgIpc) is 3.12. The minimum Gasteiger partial charge on any atom is -0.208 e. The first-order valence-corrected chi connectivity index (χ1v) is 13.6. The first-order valence-electron chi connectivity index (χ1n) is 12.8. The van der Waals surface area contributed by atoms with Gasteiger partial charge in [0.05, 0.1) is 0 Å². The lowest BCUT2D eigenvalue weighted by Gasteiger charge is -2.46. The molecule has 1 heterocycles. The molecule has 0 aliphatic heterocycles. The van der Waals surface area contributed by atoms with E-state index in [-0.39, 0.29) is 5.41 Å². The zero-order valence-electron chi connectivity index (χ0n) is 19.7. The van der Waals surface area contributed by atoms with Crippen molar-refractivity contribution in [2.45, 2.75) is 43.9 Å². The number of fused-ring (bicyclic) bond motifs is 2. The van der Waals surface area contributed by atoms with Gasteiger partial charge in [-0.2, -0.15) is 0 Å². The van der Waals surface area contributed by atoms with Gasteiger partial charge < -0.3 is 0 Å². The fraction of sp³-hybridized carbons (Fsp3) is 0.323. The van der Waals surface area contributed by atoms with Gasteiger partial charge >= 0.3 is 0 Å². The Morgan fingerprint density at radius 2 is 1.31 bits per heavy atom. The molecule has 0 spiro atoms. The number of nitrogens with zero attached hydrogens (tertiary/aromatic N) is 3. The lowest BCUT2D eigenvalue weighted by atomic mass is 9.58. The van der Waals surface area contributed by atoms with Crippen molar-refractivity contribution >= 4 is 15.9 Å². The number of benzene rings is 3. The Kier molecular flexibility index (Phi) is 5.13. The Balaban J connectivity index is 1.42. The molecular weight excluding hydrogens is 494 g/mol. The zero-order chi connectivity index (χ0) is 23.4. The van der Waals surface area contributed by atoms with Crippen molar-refractivity contribution in [2.24, 2.45) is 17.8 Å². The highest BCUT2D eigenvalue weighted by molar-refractivity contribution is 9.10. The molecule has 3 saturated carbocycles. The molecule has 3 nitrogen and oxygen atoms in total. The van der Waals surface area contributed by atoms with Crippen molar-refractivity contribution in [2.75, 3.05) is 0 Å². The largest absolute Gasteiger partial charge is 0.208 e. The number of hydrogen-bond acceptors (Lipinski definition) is 3. The molecule has 0 N–H and O–H groups in total. The summed E-state index contributed by atoms with van der Waals surface area (Å²) in [5.41, 5.74) is 4.90. The van der Waals surface area contributed by atoms with Crippen molar-refractivity contribution in [1.29, 1.82) is 0 Å². The van der Waals surface area contributed by atoms with Crippen molar-refractivity contribution in [3.05, 3.63) is 88.9 Å². The molecule has 7 rings (SSSR count). The zero-order valence-corrected chi connectivity index (χ0v) is 21.3. The Bertz CT molecular complexity index is 1400. The van der Waals surface area contributed by atoms with E-state index in [4.69, 9.17) is 15.0 Å². The van der Waals surface area contributed by atoms with Gasteiger partial charge in [-0.3, -0.25) is 0 Å². The molecule has 174 valence electrons. The molecule has 4 atom stereocenters. The number of aromatic nitrogens is 3. The monoisotopic (exact) mass is 521 g/mol. The third-order valence-electron chi connectivity index (χ3n) is 8.79. The van der Waals surface area contributed by atoms with Crippen LogP contribution >= 0.6 is 15.9 Å². The molecule has 4 heteroatoms. The molecule has 3 aliphatic rings. The van der Waals surface area contributed by atoms with Crippen LogP contribution in [0.3, 0.4) is 0 Å². The minimum absolute atomic E-state index is 0.268. The molecule has 2 unspecified atom stereocenters. The third kappa shape index (κ3) is 3.65. The van der Waals surface area contributed by atoms with Crippen molar-refractivity contribution < 1.29 is 0 Å². The Labute approximate surface area is 215 Å². The van der Waals surface area contributed by atoms with Crippen molar-refractivity contribution in [3.8, 4) is 34.2 Å². The van der Waals surface area contributed by atoms with Gasteiger partial charge in [0.1, 0.15) is 0 Å². The van der Waals surface area contributed by atoms with Gasteiger partial charge in [0.2, 0.25) is 0 Å². The van der Waals surface area contributed by atoms with Gasteiger partial charge in [-0.25, -0.2) is 15.0 Å². The predicted octanol–water partition coefficient (Wildman–Crippen LogP) is 8.10. The van der Waals surface area contributed by atoms with E-state index in [9.17, 15) is 0 Å². The Morgan fingerprint density at radius 3 is 2.14 bits per heavy atom. The number of hydrogen-bond donors (Lipinski definition) is 0. The van der Waals surface area contributed by atoms with Gasteiger partial charge in [-0.15, -0.1) is 0 Å². The van der Waals surface area contributed by atoms with Crippen molar-refractivity contribution in [1.82, 2.24) is 15.0 Å². The number of rotatable bonds is 4. The van der Waals surface area contributed by atoms with E-state index in [2.05, 4.69) is 58.4 Å². The maximum atomic E-state index is 5.10. The molecular formula is C31H28BrN3. The lowest BCUT2D eigenvalue weighted by molar-refractivity contribution is 0.139. The summed E-state index contributed by atoms with van der Waals surface area (Å²) in [6, 6.07) is 27.4. The third-order valence-corrected chi connectivity index (χ3v) is 9.48. The van der Waals surface area contributed by atoms with Crippen LogP contribution in [-0.4, -0.2) is 15.0 Å². The summed E-state index contributed by atoms with van der Waals surface area (Å²) in [6.45, 7) is 0. The second kappa shape index (κ2) is 8.37. The van der Waals surface area contributed by atoms with E-state index in [1.54, 1.807) is 0 Å². The van der Waals surface area contributed by atoms with E-state index in [0.29, 0.717) is 5.82 Å². The van der Waals surface area contributed by atoms with E-state index < -0.39 is 0 Å². The first-order chi connectivity index (χ1) is 17.2. The summed E-state index contributed by atoms with van der Waals surface area (Å²) in [5, 5.41) is 0. The number of halogens is 1. The molecule has 0 radical (unpaired) electrons. The molecule has 3 aliphatic carbocycles. The highest BCUT2D eigenvalue weighted by Crippen LogP contribution is 2.62. The summed E-state index contributed by atoms with van der Waals surface area (Å²) >= 11 is 3.72. The van der Waals surface area contributed by atoms with E-state index >= 15 is 0 Å². The molecule has 0 amide bonds. The van der Waals surface area contributed by atoms with Crippen LogP contribution in [0.2, 0.25) is 0 Å². The Morgan fingerprint density at radius 1 is 0.657 bits per heavy atom. The summed E-state index contributed by atoms with van der Waals surface area (Å²) in [6.07, 6.45) is 8.23. The molecule has 0 saturated heterocycles. The highest BCUT2D eigenvalue weighted by Gasteiger charge is 2.52. The van der Waals surface area contributed by atoms with Gasteiger partial charge in [0, 0.05) is 21.2 Å². The van der Waals surface area contributed by atoms with Crippen LogP contribution in [0.15, 0.2) is 83.3 Å². The quantitative estimate of drug-likeness (QED) is 0.272. The second-order valence-corrected chi connectivity index (χ2v) is 11.6. The van der Waals surface area contributed by atoms with Crippen molar-refractivity contribution in [3.63, 3.8) is 0 Å². The van der Waals surface area contributed by atoms with E-state index in [1.165, 1.54) is 49.7 Å². The maximum Gasteiger partial charge on any atom is 0.165 e. The van der Waals surface area contributed by atoms with Crippen LogP contribution in [-0.2, 0) is 5.41 Å². The van der Waals surface area contributed by atoms with Gasteiger partial charge in [-0.1, -0.05) is 88.7 Å². The summed E-state index contributed by atoms with van der Waals surface area (Å²) in [4.78, 5) is 15.1. The predicted molar refractivity (Wildman–Crippen MR) is 144 cm³/mol. The van der Waals surface area contributed by atoms with Gasteiger partial charge in [0.15, 0.2) is 17.5 Å². The average molecular weight is 522 g/mol. The minimum atomic E-state index is 0.268. The standard InChI is InChI=1S/C31H28BrN3/c32-27-13-7-5-11-25(27)30-34-28(21-8-2-1-3-9-21)33-29(35-30)24-10-4-6-12-26(24)31-15-14-22-16-20(18-31)17-23(22)19-31/h1-13,20,22-23H,14-19H2/t20-,22?,23-,31?/m1/s1.